The predicted octanol–water partition coefficient (Wildman–Crippen LogP) is 2.48. The van der Waals surface area contributed by atoms with Crippen molar-refractivity contribution < 1.29 is 8.42 Å². The highest BCUT2D eigenvalue weighted by Gasteiger charge is 2.29. The average molecular weight is 529 g/mol. The highest BCUT2D eigenvalue weighted by atomic mass is 127. The van der Waals surface area contributed by atoms with E-state index in [2.05, 4.69) is 15.2 Å². The number of rotatable bonds is 5. The van der Waals surface area contributed by atoms with Crippen molar-refractivity contribution in [2.24, 2.45) is 10.7 Å². The maximum atomic E-state index is 13.1. The van der Waals surface area contributed by atoms with Gasteiger partial charge in [-0.25, -0.2) is 13.4 Å². The molecule has 0 aromatic heterocycles. The van der Waals surface area contributed by atoms with Gasteiger partial charge in [-0.15, -0.1) is 24.0 Å². The van der Waals surface area contributed by atoms with Crippen LogP contribution in [0.4, 0.5) is 5.69 Å². The van der Waals surface area contributed by atoms with Gasteiger partial charge in [-0.2, -0.15) is 4.31 Å². The molecule has 29 heavy (non-hydrogen) atoms. The number of nitrogens with two attached hydrogens (primary N) is 1. The Balaban J connectivity index is 0.00000300. The Hall–Kier alpha value is -1.69. The molecule has 1 fully saturated rings. The quantitative estimate of drug-likeness (QED) is 0.353. The Labute approximate surface area is 190 Å². The Morgan fingerprint density at radius 2 is 1.69 bits per heavy atom. The van der Waals surface area contributed by atoms with E-state index in [9.17, 15) is 8.42 Å². The number of aryl methyl sites for hydroxylation is 1. The van der Waals surface area contributed by atoms with Gasteiger partial charge in [-0.05, 0) is 37.7 Å². The summed E-state index contributed by atoms with van der Waals surface area (Å²) >= 11 is 0. The number of nitrogens with one attached hydrogen (secondary N) is 1. The lowest BCUT2D eigenvalue weighted by molar-refractivity contribution is 0.222. The number of aliphatic imine (C=N–C) groups is 1. The molecule has 1 saturated heterocycles. The fourth-order valence-electron chi connectivity index (χ4n) is 3.05. The van der Waals surface area contributed by atoms with Gasteiger partial charge >= 0.3 is 0 Å². The lowest BCUT2D eigenvalue weighted by atomic mass is 10.2. The van der Waals surface area contributed by atoms with Crippen molar-refractivity contribution in [2.45, 2.75) is 18.4 Å². The summed E-state index contributed by atoms with van der Waals surface area (Å²) in [6.07, 6.45) is 0. The molecule has 2 aromatic rings. The molecule has 0 spiro atoms. The summed E-state index contributed by atoms with van der Waals surface area (Å²) in [6, 6.07) is 14.8. The van der Waals surface area contributed by atoms with E-state index in [4.69, 9.17) is 5.73 Å². The Bertz CT molecular complexity index is 940. The number of piperazine rings is 1. The van der Waals surface area contributed by atoms with E-state index in [-0.39, 0.29) is 36.5 Å². The third kappa shape index (κ3) is 6.14. The number of guanidine groups is 1. The van der Waals surface area contributed by atoms with E-state index in [0.717, 1.165) is 24.3 Å². The molecule has 3 N–H and O–H groups in total. The molecule has 1 aliphatic heterocycles. The number of halogens is 1. The number of benzene rings is 2. The van der Waals surface area contributed by atoms with Crippen LogP contribution in [-0.4, -0.2) is 56.8 Å². The van der Waals surface area contributed by atoms with Crippen LogP contribution in [0.5, 0.6) is 0 Å². The van der Waals surface area contributed by atoms with Gasteiger partial charge in [0.1, 0.15) is 0 Å². The van der Waals surface area contributed by atoms with Crippen molar-refractivity contribution in [3.05, 3.63) is 59.7 Å². The van der Waals surface area contributed by atoms with E-state index in [1.165, 1.54) is 0 Å². The van der Waals surface area contributed by atoms with Crippen LogP contribution in [0.2, 0.25) is 0 Å². The molecule has 1 aliphatic rings. The molecule has 2 aromatic carbocycles. The second-order valence-corrected chi connectivity index (χ2v) is 8.91. The van der Waals surface area contributed by atoms with E-state index in [1.807, 2.05) is 44.3 Å². The zero-order valence-corrected chi connectivity index (χ0v) is 19.9. The van der Waals surface area contributed by atoms with Gasteiger partial charge in [0.25, 0.3) is 0 Å². The van der Waals surface area contributed by atoms with Crippen molar-refractivity contribution in [1.82, 2.24) is 9.21 Å². The first-order valence-corrected chi connectivity index (χ1v) is 10.7. The number of sulfonamides is 1. The molecule has 158 valence electrons. The van der Waals surface area contributed by atoms with Gasteiger partial charge in [0.15, 0.2) is 5.96 Å². The third-order valence-electron chi connectivity index (χ3n) is 4.80. The van der Waals surface area contributed by atoms with Crippen LogP contribution in [0.1, 0.15) is 11.1 Å². The van der Waals surface area contributed by atoms with Crippen LogP contribution in [0.3, 0.4) is 0 Å². The number of likely N-dealkylation sites (N-methyl/N-ethyl adjacent to an activating group) is 1. The summed E-state index contributed by atoms with van der Waals surface area (Å²) < 4.78 is 27.7. The Kier molecular flexibility index (Phi) is 8.44. The molecule has 0 unspecified atom stereocenters. The molecule has 0 radical (unpaired) electrons. The van der Waals surface area contributed by atoms with Crippen LogP contribution in [0, 0.1) is 6.92 Å². The third-order valence-corrected chi connectivity index (χ3v) is 6.80. The number of hydrogen-bond acceptors (Lipinski definition) is 4. The van der Waals surface area contributed by atoms with E-state index in [1.54, 1.807) is 22.5 Å². The molecule has 0 atom stereocenters. The van der Waals surface area contributed by atoms with Gasteiger partial charge in [0, 0.05) is 31.9 Å². The standard InChI is InChI=1S/C20H27N5O2S.HI/c1-16-7-9-18(10-8-16)23-20(21)22-15-17-5-3-4-6-19(17)28(26,27)25-13-11-24(2)12-14-25;/h3-10H,11-15H2,1-2H3,(H3,21,22,23);1H. The molecule has 0 amide bonds. The van der Waals surface area contributed by atoms with Crippen LogP contribution >= 0.6 is 24.0 Å². The summed E-state index contributed by atoms with van der Waals surface area (Å²) in [5.41, 5.74) is 8.61. The van der Waals surface area contributed by atoms with Crippen LogP contribution in [0.25, 0.3) is 0 Å². The molecule has 9 heteroatoms. The summed E-state index contributed by atoms with van der Waals surface area (Å²) in [4.78, 5) is 6.76. The minimum absolute atomic E-state index is 0. The molecule has 0 saturated carbocycles. The minimum Gasteiger partial charge on any atom is -0.370 e. The van der Waals surface area contributed by atoms with Crippen LogP contribution < -0.4 is 11.1 Å². The van der Waals surface area contributed by atoms with E-state index >= 15 is 0 Å². The van der Waals surface area contributed by atoms with Crippen molar-refractivity contribution in [3.8, 4) is 0 Å². The number of anilines is 1. The number of nitrogens with zero attached hydrogens (tertiary/aromatic N) is 3. The van der Waals surface area contributed by atoms with E-state index < -0.39 is 10.0 Å². The van der Waals surface area contributed by atoms with Gasteiger partial charge in [-0.1, -0.05) is 35.9 Å². The normalized spacial score (nSPS) is 16.3. The first-order chi connectivity index (χ1) is 13.4. The van der Waals surface area contributed by atoms with Crippen molar-refractivity contribution in [3.63, 3.8) is 0 Å². The average Bonchev–Trinajstić information content (AvgIpc) is 2.69. The minimum atomic E-state index is -3.55. The maximum Gasteiger partial charge on any atom is 0.243 e. The van der Waals surface area contributed by atoms with Crippen LogP contribution in [0.15, 0.2) is 58.4 Å². The molecule has 0 aliphatic carbocycles. The zero-order chi connectivity index (χ0) is 20.1. The highest BCUT2D eigenvalue weighted by molar-refractivity contribution is 14.0. The molecule has 3 rings (SSSR count). The van der Waals surface area contributed by atoms with Gasteiger partial charge in [0.05, 0.1) is 11.4 Å². The topological polar surface area (TPSA) is 91.0 Å². The molecule has 7 nitrogen and oxygen atoms in total. The molecular weight excluding hydrogens is 501 g/mol. The highest BCUT2D eigenvalue weighted by Crippen LogP contribution is 2.22. The smallest absolute Gasteiger partial charge is 0.243 e. The second kappa shape index (κ2) is 10.4. The SMILES string of the molecule is Cc1ccc(NC(N)=NCc2ccccc2S(=O)(=O)N2CCN(C)CC2)cc1.I. The van der Waals surface area contributed by atoms with Gasteiger partial charge in [0.2, 0.25) is 10.0 Å². The first kappa shape index (κ1) is 23.6. The Morgan fingerprint density at radius 3 is 2.34 bits per heavy atom. The number of hydrogen-bond donors (Lipinski definition) is 2. The second-order valence-electron chi connectivity index (χ2n) is 7.01. The molecule has 1 heterocycles. The summed E-state index contributed by atoms with van der Waals surface area (Å²) in [7, 11) is -1.56. The fraction of sp³-hybridized carbons (Fsp3) is 0.350. The van der Waals surface area contributed by atoms with Gasteiger partial charge < -0.3 is 16.0 Å². The lowest BCUT2D eigenvalue weighted by Crippen LogP contribution is -2.47. The monoisotopic (exact) mass is 529 g/mol. The molecular formula is C20H28IN5O2S. The molecule has 0 bridgehead atoms. The summed E-state index contributed by atoms with van der Waals surface area (Å²) in [5, 5.41) is 3.03. The first-order valence-electron chi connectivity index (χ1n) is 9.26. The van der Waals surface area contributed by atoms with Crippen molar-refractivity contribution >= 4 is 45.6 Å². The summed E-state index contributed by atoms with van der Waals surface area (Å²) in [5.74, 6) is 0.246. The fourth-order valence-corrected chi connectivity index (χ4v) is 4.68. The van der Waals surface area contributed by atoms with Crippen LogP contribution in [-0.2, 0) is 16.6 Å². The summed E-state index contributed by atoms with van der Waals surface area (Å²) in [6.45, 7) is 4.65. The Morgan fingerprint density at radius 1 is 1.07 bits per heavy atom. The van der Waals surface area contributed by atoms with E-state index in [0.29, 0.717) is 23.5 Å². The predicted molar refractivity (Wildman–Crippen MR) is 128 cm³/mol. The lowest BCUT2D eigenvalue weighted by Gasteiger charge is -2.32. The maximum absolute atomic E-state index is 13.1. The largest absolute Gasteiger partial charge is 0.370 e. The van der Waals surface area contributed by atoms with Gasteiger partial charge in [-0.3, -0.25) is 0 Å². The zero-order valence-electron chi connectivity index (χ0n) is 16.7. The van der Waals surface area contributed by atoms with Crippen molar-refractivity contribution in [2.75, 3.05) is 38.5 Å². The van der Waals surface area contributed by atoms with Crippen molar-refractivity contribution in [1.29, 1.82) is 0 Å².